The van der Waals surface area contributed by atoms with Crippen LogP contribution in [0.4, 0.5) is 0 Å². The maximum Gasteiger partial charge on any atom is 0.0346 e. The Kier molecular flexibility index (Phi) is 3.60. The molecule has 1 aromatic rings. The monoisotopic (exact) mass is 189 g/mol. The lowest BCUT2D eigenvalue weighted by atomic mass is 10.1. The van der Waals surface area contributed by atoms with Gasteiger partial charge in [-0.05, 0) is 17.0 Å². The number of rotatable bonds is 3. The van der Waals surface area contributed by atoms with E-state index < -0.39 is 0 Å². The zero-order chi connectivity index (χ0) is 9.68. The van der Waals surface area contributed by atoms with Crippen LogP contribution in [0.1, 0.15) is 5.56 Å². The molecule has 1 rings (SSSR count). The molecule has 0 aliphatic rings. The van der Waals surface area contributed by atoms with Gasteiger partial charge >= 0.3 is 0 Å². The van der Waals surface area contributed by atoms with Crippen molar-refractivity contribution in [2.45, 2.75) is 0 Å². The molecule has 0 aliphatic heterocycles. The van der Waals surface area contributed by atoms with Crippen LogP contribution in [0.15, 0.2) is 55.2 Å². The van der Waals surface area contributed by atoms with Gasteiger partial charge in [-0.1, -0.05) is 31.4 Å². The highest BCUT2D eigenvalue weighted by Crippen LogP contribution is 2.23. The minimum Gasteiger partial charge on any atom is -0.264 e. The van der Waals surface area contributed by atoms with Gasteiger partial charge in [-0.15, -0.1) is 9.24 Å². The maximum atomic E-state index is 4.04. The summed E-state index contributed by atoms with van der Waals surface area (Å²) in [6.07, 6.45) is 7.15. The highest BCUT2D eigenvalue weighted by molar-refractivity contribution is 7.23. The van der Waals surface area contributed by atoms with E-state index in [9.17, 15) is 0 Å². The quantitative estimate of drug-likeness (QED) is 0.526. The molecule has 1 atom stereocenters. The van der Waals surface area contributed by atoms with Crippen LogP contribution in [-0.4, -0.2) is 4.98 Å². The first-order valence-corrected chi connectivity index (χ1v) is 4.52. The van der Waals surface area contributed by atoms with E-state index in [1.807, 2.05) is 18.3 Å². The number of hydrogen-bond acceptors (Lipinski definition) is 1. The maximum absolute atomic E-state index is 4.04. The highest BCUT2D eigenvalue weighted by Gasteiger charge is 1.98. The summed E-state index contributed by atoms with van der Waals surface area (Å²) in [4.78, 5) is 4.04. The van der Waals surface area contributed by atoms with Crippen molar-refractivity contribution in [1.29, 1.82) is 0 Å². The minimum absolute atomic E-state index is 1.03. The van der Waals surface area contributed by atoms with Crippen LogP contribution < -0.4 is 0 Å². The van der Waals surface area contributed by atoms with Gasteiger partial charge < -0.3 is 0 Å². The van der Waals surface area contributed by atoms with Crippen molar-refractivity contribution in [3.8, 4) is 0 Å². The first-order chi connectivity index (χ1) is 6.29. The molecule has 0 amide bonds. The van der Waals surface area contributed by atoms with Crippen LogP contribution in [-0.2, 0) is 0 Å². The average molecular weight is 189 g/mol. The van der Waals surface area contributed by atoms with Gasteiger partial charge in [-0.25, -0.2) is 0 Å². The van der Waals surface area contributed by atoms with Gasteiger partial charge in [0, 0.05) is 18.0 Å². The van der Waals surface area contributed by atoms with Crippen LogP contribution in [0.3, 0.4) is 0 Å². The van der Waals surface area contributed by atoms with Crippen LogP contribution >= 0.6 is 9.24 Å². The molecule has 0 saturated carbocycles. The fraction of sp³-hybridized carbons (Fsp3) is 0. The lowest BCUT2D eigenvalue weighted by molar-refractivity contribution is 1.31. The van der Waals surface area contributed by atoms with Crippen LogP contribution in [0.2, 0.25) is 0 Å². The molecule has 13 heavy (non-hydrogen) atoms. The van der Waals surface area contributed by atoms with Crippen molar-refractivity contribution >= 4 is 14.8 Å². The van der Waals surface area contributed by atoms with E-state index in [0.717, 1.165) is 16.5 Å². The Balaban J connectivity index is 3.20. The van der Waals surface area contributed by atoms with E-state index in [0.29, 0.717) is 0 Å². The van der Waals surface area contributed by atoms with Crippen LogP contribution in [0.5, 0.6) is 0 Å². The summed E-state index contributed by atoms with van der Waals surface area (Å²) in [7, 11) is 2.63. The summed E-state index contributed by atoms with van der Waals surface area (Å²) in [6.45, 7) is 7.47. The first kappa shape index (κ1) is 9.88. The van der Waals surface area contributed by atoms with Gasteiger partial charge in [0.1, 0.15) is 0 Å². The predicted molar refractivity (Wildman–Crippen MR) is 61.3 cm³/mol. The molecule has 2 heteroatoms. The standard InChI is InChI=1S/C11H12NP/c1-3-10(11(13)4-2)9-6-5-7-12-8-9/h3-8H,1-2,13H2/b11-10-. The Labute approximate surface area is 81.1 Å². The molecular formula is C11H12NP. The number of nitrogens with zero attached hydrogens (tertiary/aromatic N) is 1. The van der Waals surface area contributed by atoms with Gasteiger partial charge in [-0.3, -0.25) is 4.98 Å². The molecule has 1 heterocycles. The minimum atomic E-state index is 1.03. The van der Waals surface area contributed by atoms with E-state index in [-0.39, 0.29) is 0 Å². The Hall–Kier alpha value is -1.20. The summed E-state index contributed by atoms with van der Waals surface area (Å²) < 4.78 is 0. The van der Waals surface area contributed by atoms with E-state index in [2.05, 4.69) is 27.4 Å². The Bertz CT molecular complexity index is 338. The van der Waals surface area contributed by atoms with Crippen molar-refractivity contribution < 1.29 is 0 Å². The van der Waals surface area contributed by atoms with Gasteiger partial charge in [0.05, 0.1) is 0 Å². The van der Waals surface area contributed by atoms with Gasteiger partial charge in [-0.2, -0.15) is 0 Å². The molecule has 66 valence electrons. The number of aromatic nitrogens is 1. The predicted octanol–water partition coefficient (Wildman–Crippen LogP) is 3.04. The molecule has 0 saturated heterocycles. The Morgan fingerprint density at radius 1 is 1.38 bits per heavy atom. The molecule has 0 aliphatic carbocycles. The van der Waals surface area contributed by atoms with Gasteiger partial charge in [0.2, 0.25) is 0 Å². The van der Waals surface area contributed by atoms with Crippen molar-refractivity contribution in [3.05, 3.63) is 60.7 Å². The normalized spacial score (nSPS) is 11.8. The largest absolute Gasteiger partial charge is 0.264 e. The van der Waals surface area contributed by atoms with Crippen LogP contribution in [0.25, 0.3) is 5.57 Å². The molecule has 1 nitrogen and oxygen atoms in total. The van der Waals surface area contributed by atoms with Crippen LogP contribution in [0, 0.1) is 0 Å². The fourth-order valence-electron chi connectivity index (χ4n) is 1.03. The third kappa shape index (κ3) is 2.37. The average Bonchev–Trinajstić information content (AvgIpc) is 2.20. The second-order valence-corrected chi connectivity index (χ2v) is 3.14. The molecule has 0 spiro atoms. The number of pyridine rings is 1. The zero-order valence-corrected chi connectivity index (χ0v) is 8.56. The van der Waals surface area contributed by atoms with E-state index in [1.54, 1.807) is 18.3 Å². The fourth-order valence-corrected chi connectivity index (χ4v) is 1.32. The number of allylic oxidation sites excluding steroid dienone is 4. The Morgan fingerprint density at radius 2 is 2.15 bits per heavy atom. The zero-order valence-electron chi connectivity index (χ0n) is 7.40. The van der Waals surface area contributed by atoms with Gasteiger partial charge in [0.15, 0.2) is 0 Å². The topological polar surface area (TPSA) is 12.9 Å². The lowest BCUT2D eigenvalue weighted by Crippen LogP contribution is -1.83. The second-order valence-electron chi connectivity index (χ2n) is 2.52. The van der Waals surface area contributed by atoms with Crippen molar-refractivity contribution in [2.75, 3.05) is 0 Å². The third-order valence-corrected chi connectivity index (χ3v) is 2.25. The molecule has 0 bridgehead atoms. The highest BCUT2D eigenvalue weighted by atomic mass is 31.0. The van der Waals surface area contributed by atoms with Crippen molar-refractivity contribution in [3.63, 3.8) is 0 Å². The molecule has 0 fully saturated rings. The molecule has 1 aromatic heterocycles. The van der Waals surface area contributed by atoms with E-state index in [4.69, 9.17) is 0 Å². The molecular weight excluding hydrogens is 177 g/mol. The van der Waals surface area contributed by atoms with E-state index in [1.165, 1.54) is 0 Å². The second kappa shape index (κ2) is 4.74. The molecule has 1 unspecified atom stereocenters. The molecule has 0 radical (unpaired) electrons. The lowest BCUT2D eigenvalue weighted by Gasteiger charge is -2.03. The van der Waals surface area contributed by atoms with Crippen molar-refractivity contribution in [2.24, 2.45) is 0 Å². The summed E-state index contributed by atoms with van der Waals surface area (Å²) in [5.41, 5.74) is 2.11. The molecule has 0 N–H and O–H groups in total. The molecule has 0 aromatic carbocycles. The number of hydrogen-bond donors (Lipinski definition) is 0. The first-order valence-electron chi connectivity index (χ1n) is 3.94. The smallest absolute Gasteiger partial charge is 0.0346 e. The summed E-state index contributed by atoms with van der Waals surface area (Å²) >= 11 is 0. The summed E-state index contributed by atoms with van der Waals surface area (Å²) in [5, 5.41) is 1.03. The van der Waals surface area contributed by atoms with Gasteiger partial charge in [0.25, 0.3) is 0 Å². The Morgan fingerprint density at radius 3 is 2.62 bits per heavy atom. The van der Waals surface area contributed by atoms with Crippen molar-refractivity contribution in [1.82, 2.24) is 4.98 Å². The third-order valence-electron chi connectivity index (χ3n) is 1.71. The van der Waals surface area contributed by atoms with E-state index >= 15 is 0 Å². The SMILES string of the molecule is C=C/C(P)=C(\C=C)c1cccnc1. The summed E-state index contributed by atoms with van der Waals surface area (Å²) in [5.74, 6) is 0. The summed E-state index contributed by atoms with van der Waals surface area (Å²) in [6, 6.07) is 3.90.